The Bertz CT molecular complexity index is 445. The molecule has 0 aromatic carbocycles. The van der Waals surface area contributed by atoms with Gasteiger partial charge in [0.15, 0.2) is 0 Å². The van der Waals surface area contributed by atoms with Crippen molar-refractivity contribution in [2.45, 2.75) is 45.1 Å². The van der Waals surface area contributed by atoms with E-state index < -0.39 is 0 Å². The lowest BCUT2D eigenvalue weighted by Gasteiger charge is -2.08. The predicted octanol–water partition coefficient (Wildman–Crippen LogP) is 4.30. The fourth-order valence-corrected chi connectivity index (χ4v) is 3.80. The summed E-state index contributed by atoms with van der Waals surface area (Å²) >= 11 is 3.64. The number of aliphatic hydroxyl groups is 1. The molecule has 18 heavy (non-hydrogen) atoms. The van der Waals surface area contributed by atoms with Gasteiger partial charge in [0.05, 0.1) is 6.10 Å². The van der Waals surface area contributed by atoms with E-state index in [1.807, 2.05) is 11.3 Å². The molecule has 1 atom stereocenters. The Morgan fingerprint density at radius 3 is 2.67 bits per heavy atom. The maximum absolute atomic E-state index is 10.0. The summed E-state index contributed by atoms with van der Waals surface area (Å²) < 4.78 is 0. The van der Waals surface area contributed by atoms with Crippen LogP contribution < -0.4 is 0 Å². The zero-order valence-electron chi connectivity index (χ0n) is 10.8. The molecule has 1 N–H and O–H groups in total. The van der Waals surface area contributed by atoms with E-state index in [4.69, 9.17) is 0 Å². The maximum Gasteiger partial charge on any atom is 0.0588 e. The van der Waals surface area contributed by atoms with Crippen molar-refractivity contribution in [2.75, 3.05) is 0 Å². The van der Waals surface area contributed by atoms with Crippen LogP contribution in [0.5, 0.6) is 0 Å². The van der Waals surface area contributed by atoms with Crippen LogP contribution in [0.25, 0.3) is 0 Å². The smallest absolute Gasteiger partial charge is 0.0588 e. The van der Waals surface area contributed by atoms with Crippen LogP contribution in [0.4, 0.5) is 0 Å². The highest BCUT2D eigenvalue weighted by Gasteiger charge is 2.08. The summed E-state index contributed by atoms with van der Waals surface area (Å²) in [5, 5.41) is 12.1. The van der Waals surface area contributed by atoms with Crippen LogP contribution in [-0.4, -0.2) is 11.2 Å². The number of hydrogen-bond acceptors (Lipinski definition) is 3. The largest absolute Gasteiger partial charge is 0.393 e. The monoisotopic (exact) mass is 280 g/mol. The van der Waals surface area contributed by atoms with E-state index in [0.29, 0.717) is 0 Å². The molecule has 3 heteroatoms. The van der Waals surface area contributed by atoms with Crippen molar-refractivity contribution in [1.29, 1.82) is 0 Å². The molecule has 2 rings (SSSR count). The Kier molecular flexibility index (Phi) is 5.42. The van der Waals surface area contributed by atoms with Gasteiger partial charge in [-0.25, -0.2) is 0 Å². The lowest BCUT2D eigenvalue weighted by molar-refractivity contribution is 0.163. The topological polar surface area (TPSA) is 20.2 Å². The third-order valence-corrected chi connectivity index (χ3v) is 5.23. The maximum atomic E-state index is 10.0. The summed E-state index contributed by atoms with van der Waals surface area (Å²) in [7, 11) is 0. The SMILES string of the molecule is CCc1ccc(CC(O)CCCc2cccs2)s1. The molecule has 1 nitrogen and oxygen atoms in total. The number of hydrogen-bond donors (Lipinski definition) is 1. The summed E-state index contributed by atoms with van der Waals surface area (Å²) in [4.78, 5) is 4.15. The fourth-order valence-electron chi connectivity index (χ4n) is 2.02. The first-order chi connectivity index (χ1) is 8.78. The molecule has 0 bridgehead atoms. The van der Waals surface area contributed by atoms with Gasteiger partial charge in [-0.1, -0.05) is 13.0 Å². The molecule has 2 aromatic rings. The van der Waals surface area contributed by atoms with Crippen LogP contribution in [0.15, 0.2) is 29.6 Å². The summed E-state index contributed by atoms with van der Waals surface area (Å²) in [6, 6.07) is 8.60. The van der Waals surface area contributed by atoms with E-state index in [1.54, 1.807) is 11.3 Å². The standard InChI is InChI=1S/C15H20OS2/c1-2-13-8-9-15(18-13)11-12(16)5-3-6-14-7-4-10-17-14/h4,7-10,12,16H,2-3,5-6,11H2,1H3. The molecule has 0 radical (unpaired) electrons. The number of rotatable bonds is 7. The first-order valence-corrected chi connectivity index (χ1v) is 8.25. The van der Waals surface area contributed by atoms with E-state index in [1.165, 1.54) is 14.6 Å². The first-order valence-electron chi connectivity index (χ1n) is 6.56. The van der Waals surface area contributed by atoms with Gasteiger partial charge >= 0.3 is 0 Å². The van der Waals surface area contributed by atoms with Gasteiger partial charge in [-0.3, -0.25) is 0 Å². The van der Waals surface area contributed by atoms with E-state index in [9.17, 15) is 5.11 Å². The number of aryl methyl sites for hydroxylation is 2. The van der Waals surface area contributed by atoms with Gasteiger partial charge in [-0.2, -0.15) is 0 Å². The summed E-state index contributed by atoms with van der Waals surface area (Å²) in [6.45, 7) is 2.17. The van der Waals surface area contributed by atoms with Crippen molar-refractivity contribution in [3.63, 3.8) is 0 Å². The van der Waals surface area contributed by atoms with Crippen LogP contribution in [0.3, 0.4) is 0 Å². The van der Waals surface area contributed by atoms with Gasteiger partial charge < -0.3 is 5.11 Å². The molecule has 1 unspecified atom stereocenters. The van der Waals surface area contributed by atoms with Gasteiger partial charge in [-0.15, -0.1) is 22.7 Å². The minimum absolute atomic E-state index is 0.187. The molecule has 0 amide bonds. The molecule has 98 valence electrons. The third kappa shape index (κ3) is 4.23. The summed E-state index contributed by atoms with van der Waals surface area (Å²) in [6.07, 6.45) is 4.80. The minimum Gasteiger partial charge on any atom is -0.393 e. The van der Waals surface area contributed by atoms with Gasteiger partial charge in [0.25, 0.3) is 0 Å². The zero-order valence-corrected chi connectivity index (χ0v) is 12.4. The molecule has 0 fully saturated rings. The zero-order chi connectivity index (χ0) is 12.8. The first kappa shape index (κ1) is 13.8. The third-order valence-electron chi connectivity index (χ3n) is 3.04. The van der Waals surface area contributed by atoms with Crippen LogP contribution in [-0.2, 0) is 19.3 Å². The highest BCUT2D eigenvalue weighted by molar-refractivity contribution is 7.12. The molecular formula is C15H20OS2. The Morgan fingerprint density at radius 1 is 1.17 bits per heavy atom. The van der Waals surface area contributed by atoms with Crippen molar-refractivity contribution in [2.24, 2.45) is 0 Å². The van der Waals surface area contributed by atoms with Crippen LogP contribution in [0, 0.1) is 0 Å². The lowest BCUT2D eigenvalue weighted by atomic mass is 10.1. The van der Waals surface area contributed by atoms with Gasteiger partial charge in [0, 0.05) is 21.1 Å². The average molecular weight is 280 g/mol. The molecule has 0 aliphatic rings. The molecule has 0 saturated carbocycles. The van der Waals surface area contributed by atoms with Crippen LogP contribution in [0.1, 0.15) is 34.4 Å². The molecule has 2 heterocycles. The number of thiophene rings is 2. The van der Waals surface area contributed by atoms with Gasteiger partial charge in [0.2, 0.25) is 0 Å². The van der Waals surface area contributed by atoms with E-state index >= 15 is 0 Å². The Hall–Kier alpha value is -0.640. The summed E-state index contributed by atoms with van der Waals surface area (Å²) in [5.41, 5.74) is 0. The van der Waals surface area contributed by atoms with Gasteiger partial charge in [0.1, 0.15) is 0 Å². The van der Waals surface area contributed by atoms with Crippen LogP contribution in [0.2, 0.25) is 0 Å². The second-order valence-corrected chi connectivity index (χ2v) is 6.84. The second kappa shape index (κ2) is 7.07. The molecule has 0 aliphatic carbocycles. The molecule has 2 aromatic heterocycles. The summed E-state index contributed by atoms with van der Waals surface area (Å²) in [5.74, 6) is 0. The lowest BCUT2D eigenvalue weighted by Crippen LogP contribution is -2.09. The Balaban J connectivity index is 1.70. The molecule has 0 aliphatic heterocycles. The van der Waals surface area contributed by atoms with Crippen molar-refractivity contribution < 1.29 is 5.11 Å². The number of aliphatic hydroxyl groups excluding tert-OH is 1. The molecule has 0 saturated heterocycles. The van der Waals surface area contributed by atoms with Crippen molar-refractivity contribution in [3.8, 4) is 0 Å². The van der Waals surface area contributed by atoms with Gasteiger partial charge in [-0.05, 0) is 49.3 Å². The Morgan fingerprint density at radius 2 is 2.00 bits per heavy atom. The van der Waals surface area contributed by atoms with Crippen molar-refractivity contribution in [1.82, 2.24) is 0 Å². The fraction of sp³-hybridized carbons (Fsp3) is 0.467. The molecular weight excluding hydrogens is 260 g/mol. The Labute approximate surface area is 117 Å². The van der Waals surface area contributed by atoms with Crippen LogP contribution >= 0.6 is 22.7 Å². The highest BCUT2D eigenvalue weighted by Crippen LogP contribution is 2.20. The average Bonchev–Trinajstić information content (AvgIpc) is 3.00. The van der Waals surface area contributed by atoms with E-state index in [-0.39, 0.29) is 6.10 Å². The van der Waals surface area contributed by atoms with E-state index in [2.05, 4.69) is 36.6 Å². The van der Waals surface area contributed by atoms with Crippen molar-refractivity contribution >= 4 is 22.7 Å². The van der Waals surface area contributed by atoms with Crippen molar-refractivity contribution in [3.05, 3.63) is 44.3 Å². The normalized spacial score (nSPS) is 12.8. The quantitative estimate of drug-likeness (QED) is 0.802. The second-order valence-electron chi connectivity index (χ2n) is 4.55. The predicted molar refractivity (Wildman–Crippen MR) is 80.7 cm³/mol. The highest BCUT2D eigenvalue weighted by atomic mass is 32.1. The minimum atomic E-state index is -0.187. The van der Waals surface area contributed by atoms with E-state index in [0.717, 1.165) is 32.1 Å². The molecule has 0 spiro atoms.